The van der Waals surface area contributed by atoms with Gasteiger partial charge in [0.15, 0.2) is 0 Å². The first-order valence-electron chi connectivity index (χ1n) is 8.50. The Kier molecular flexibility index (Phi) is 9.58. The van der Waals surface area contributed by atoms with Crippen LogP contribution in [0.2, 0.25) is 0 Å². The zero-order valence-corrected chi connectivity index (χ0v) is 16.9. The molecule has 5 nitrogen and oxygen atoms in total. The van der Waals surface area contributed by atoms with Crippen molar-refractivity contribution in [3.05, 3.63) is 58.1 Å². The molecule has 0 aromatic heterocycles. The van der Waals surface area contributed by atoms with Gasteiger partial charge < -0.3 is 14.4 Å². The fourth-order valence-corrected chi connectivity index (χ4v) is 2.84. The summed E-state index contributed by atoms with van der Waals surface area (Å²) < 4.78 is 10.2. The van der Waals surface area contributed by atoms with Crippen LogP contribution in [0.25, 0.3) is 0 Å². The maximum atomic E-state index is 12.2. The van der Waals surface area contributed by atoms with Gasteiger partial charge in [-0.05, 0) is 38.5 Å². The molecular formula is C20H27NO4S. The van der Waals surface area contributed by atoms with Crippen molar-refractivity contribution in [1.82, 2.24) is 4.90 Å². The maximum Gasteiger partial charge on any atom is 0.354 e. The second-order valence-electron chi connectivity index (χ2n) is 5.69. The van der Waals surface area contributed by atoms with Gasteiger partial charge in [-0.2, -0.15) is 0 Å². The summed E-state index contributed by atoms with van der Waals surface area (Å²) in [5.41, 5.74) is 2.66. The van der Waals surface area contributed by atoms with Crippen LogP contribution in [0.1, 0.15) is 25.0 Å². The molecule has 1 rings (SSSR count). The van der Waals surface area contributed by atoms with Crippen molar-refractivity contribution in [2.24, 2.45) is 0 Å². The molecule has 0 unspecified atom stereocenters. The number of carbonyl (C=O) groups excluding carboxylic acids is 2. The number of rotatable bonds is 9. The topological polar surface area (TPSA) is 55.8 Å². The lowest BCUT2D eigenvalue weighted by Gasteiger charge is -2.15. The monoisotopic (exact) mass is 377 g/mol. The Morgan fingerprint density at radius 3 is 2.12 bits per heavy atom. The fourth-order valence-electron chi connectivity index (χ4n) is 1.98. The standard InChI is InChI=1S/C20H27NO4S/c1-6-24-19(22)17(21(4)5)12-13-18(20(23)25-7-2)26-14-16-10-8-15(3)9-11-16/h8-13H,6-7,14H2,1-5H3/b17-12-,18-13-. The lowest BCUT2D eigenvalue weighted by atomic mass is 10.2. The summed E-state index contributed by atoms with van der Waals surface area (Å²) in [6.45, 7) is 6.14. The van der Waals surface area contributed by atoms with Gasteiger partial charge in [0.2, 0.25) is 0 Å². The number of likely N-dealkylation sites (N-methyl/N-ethyl adjacent to an activating group) is 1. The largest absolute Gasteiger partial charge is 0.462 e. The van der Waals surface area contributed by atoms with Gasteiger partial charge in [-0.3, -0.25) is 0 Å². The predicted octanol–water partition coefficient (Wildman–Crippen LogP) is 3.68. The summed E-state index contributed by atoms with van der Waals surface area (Å²) in [6.07, 6.45) is 3.20. The SMILES string of the molecule is CCOC(=O)/C(=C/C=C(/C(=O)OCC)N(C)C)SCc1ccc(C)cc1. The summed E-state index contributed by atoms with van der Waals surface area (Å²) in [4.78, 5) is 26.3. The number of allylic oxidation sites excluding steroid dienone is 2. The fraction of sp³-hybridized carbons (Fsp3) is 0.400. The van der Waals surface area contributed by atoms with Crippen LogP contribution in [0.15, 0.2) is 47.0 Å². The van der Waals surface area contributed by atoms with E-state index >= 15 is 0 Å². The zero-order chi connectivity index (χ0) is 19.5. The first-order valence-corrected chi connectivity index (χ1v) is 9.49. The Hall–Kier alpha value is -2.21. The Morgan fingerprint density at radius 2 is 1.58 bits per heavy atom. The molecule has 1 aromatic carbocycles. The Morgan fingerprint density at radius 1 is 1.00 bits per heavy atom. The molecule has 0 aliphatic heterocycles. The third-order valence-electron chi connectivity index (χ3n) is 3.35. The van der Waals surface area contributed by atoms with Crippen LogP contribution in [0.4, 0.5) is 0 Å². The highest BCUT2D eigenvalue weighted by Crippen LogP contribution is 2.23. The second kappa shape index (κ2) is 11.4. The molecule has 0 atom stereocenters. The summed E-state index contributed by atoms with van der Waals surface area (Å²) >= 11 is 1.38. The molecule has 142 valence electrons. The van der Waals surface area contributed by atoms with E-state index in [9.17, 15) is 9.59 Å². The van der Waals surface area contributed by atoms with Crippen LogP contribution < -0.4 is 0 Å². The smallest absolute Gasteiger partial charge is 0.354 e. The van der Waals surface area contributed by atoms with Gasteiger partial charge in [-0.1, -0.05) is 29.8 Å². The van der Waals surface area contributed by atoms with Crippen LogP contribution in [0, 0.1) is 6.92 Å². The summed E-state index contributed by atoms with van der Waals surface area (Å²) in [5.74, 6) is -0.196. The van der Waals surface area contributed by atoms with E-state index in [0.717, 1.165) is 5.56 Å². The van der Waals surface area contributed by atoms with Crippen LogP contribution in [0.5, 0.6) is 0 Å². The van der Waals surface area contributed by atoms with Gasteiger partial charge in [0.05, 0.1) is 18.1 Å². The van der Waals surface area contributed by atoms with E-state index in [0.29, 0.717) is 29.6 Å². The molecule has 0 fully saturated rings. The molecule has 0 radical (unpaired) electrons. The van der Waals surface area contributed by atoms with Gasteiger partial charge in [-0.25, -0.2) is 9.59 Å². The van der Waals surface area contributed by atoms with E-state index in [1.54, 1.807) is 45.0 Å². The molecule has 0 amide bonds. The van der Waals surface area contributed by atoms with Crippen LogP contribution in [0.3, 0.4) is 0 Å². The summed E-state index contributed by atoms with van der Waals surface area (Å²) in [5, 5.41) is 0. The molecular weight excluding hydrogens is 350 g/mol. The highest BCUT2D eigenvalue weighted by atomic mass is 32.2. The number of ether oxygens (including phenoxy) is 2. The van der Waals surface area contributed by atoms with Gasteiger partial charge >= 0.3 is 11.9 Å². The minimum atomic E-state index is -0.430. The first-order chi connectivity index (χ1) is 12.4. The molecule has 0 N–H and O–H groups in total. The molecule has 26 heavy (non-hydrogen) atoms. The normalized spacial score (nSPS) is 11.9. The van der Waals surface area contributed by atoms with Crippen molar-refractivity contribution < 1.29 is 19.1 Å². The second-order valence-corrected chi connectivity index (χ2v) is 6.71. The molecule has 6 heteroatoms. The van der Waals surface area contributed by atoms with Crippen LogP contribution in [-0.2, 0) is 24.8 Å². The van der Waals surface area contributed by atoms with Crippen molar-refractivity contribution in [3.63, 3.8) is 0 Å². The predicted molar refractivity (Wildman–Crippen MR) is 106 cm³/mol. The molecule has 0 saturated heterocycles. The van der Waals surface area contributed by atoms with Crippen LogP contribution in [-0.4, -0.2) is 44.1 Å². The number of nitrogens with zero attached hydrogens (tertiary/aromatic N) is 1. The quantitative estimate of drug-likeness (QED) is 0.372. The van der Waals surface area contributed by atoms with Crippen LogP contribution >= 0.6 is 11.8 Å². The zero-order valence-electron chi connectivity index (χ0n) is 16.1. The highest BCUT2D eigenvalue weighted by Gasteiger charge is 2.14. The van der Waals surface area contributed by atoms with Gasteiger partial charge in [0.1, 0.15) is 5.70 Å². The van der Waals surface area contributed by atoms with Gasteiger partial charge in [-0.15, -0.1) is 11.8 Å². The maximum absolute atomic E-state index is 12.2. The Balaban J connectivity index is 3.00. The third-order valence-corrected chi connectivity index (χ3v) is 4.44. The Labute approximate surface area is 160 Å². The lowest BCUT2D eigenvalue weighted by Crippen LogP contribution is -2.21. The van der Waals surface area contributed by atoms with Gasteiger partial charge in [0, 0.05) is 19.8 Å². The Bertz CT molecular complexity index is 663. The average molecular weight is 378 g/mol. The van der Waals surface area contributed by atoms with E-state index in [2.05, 4.69) is 0 Å². The average Bonchev–Trinajstić information content (AvgIpc) is 2.59. The van der Waals surface area contributed by atoms with Crippen molar-refractivity contribution in [2.45, 2.75) is 26.5 Å². The van der Waals surface area contributed by atoms with Crippen molar-refractivity contribution >= 4 is 23.7 Å². The van der Waals surface area contributed by atoms with E-state index in [-0.39, 0.29) is 0 Å². The molecule has 0 saturated carbocycles. The molecule has 0 bridgehead atoms. The van der Waals surface area contributed by atoms with Gasteiger partial charge in [0.25, 0.3) is 0 Å². The minimum absolute atomic E-state index is 0.292. The molecule has 0 aliphatic rings. The molecule has 1 aromatic rings. The van der Waals surface area contributed by atoms with E-state index < -0.39 is 11.9 Å². The number of benzene rings is 1. The van der Waals surface area contributed by atoms with Crippen molar-refractivity contribution in [3.8, 4) is 0 Å². The molecule has 0 heterocycles. The number of hydrogen-bond donors (Lipinski definition) is 0. The number of carbonyl (C=O) groups is 2. The molecule has 0 spiro atoms. The number of thioether (sulfide) groups is 1. The lowest BCUT2D eigenvalue weighted by molar-refractivity contribution is -0.140. The third kappa shape index (κ3) is 7.35. The van der Waals surface area contributed by atoms with Crippen molar-refractivity contribution in [1.29, 1.82) is 0 Å². The molecule has 0 aliphatic carbocycles. The first kappa shape index (κ1) is 21.8. The van der Waals surface area contributed by atoms with E-state index in [1.165, 1.54) is 17.3 Å². The summed E-state index contributed by atoms with van der Waals surface area (Å²) in [6, 6.07) is 8.14. The number of aryl methyl sites for hydroxylation is 1. The van der Waals surface area contributed by atoms with E-state index in [1.807, 2.05) is 31.2 Å². The van der Waals surface area contributed by atoms with Crippen molar-refractivity contribution in [2.75, 3.05) is 27.3 Å². The highest BCUT2D eigenvalue weighted by molar-refractivity contribution is 8.03. The number of esters is 2. The number of hydrogen-bond acceptors (Lipinski definition) is 6. The summed E-state index contributed by atoms with van der Waals surface area (Å²) in [7, 11) is 3.50. The minimum Gasteiger partial charge on any atom is -0.462 e. The van der Waals surface area contributed by atoms with E-state index in [4.69, 9.17) is 9.47 Å².